The van der Waals surface area contributed by atoms with Crippen LogP contribution < -0.4 is 4.74 Å². The van der Waals surface area contributed by atoms with Crippen molar-refractivity contribution in [2.45, 2.75) is 26.0 Å². The normalized spacial score (nSPS) is 18.3. The van der Waals surface area contributed by atoms with E-state index in [1.807, 2.05) is 13.8 Å². The van der Waals surface area contributed by atoms with Gasteiger partial charge < -0.3 is 19.5 Å². The van der Waals surface area contributed by atoms with Crippen LogP contribution in [-0.4, -0.2) is 48.1 Å². The third-order valence-corrected chi connectivity index (χ3v) is 4.98. The summed E-state index contributed by atoms with van der Waals surface area (Å²) < 4.78 is 10.8. The molecule has 1 saturated heterocycles. The number of carbonyl (C=O) groups excluding carboxylic acids is 2. The first kappa shape index (κ1) is 21.9. The number of hydrogen-bond donors (Lipinski definition) is 1. The summed E-state index contributed by atoms with van der Waals surface area (Å²) in [4.78, 5) is 27.0. The number of amides is 1. The van der Waals surface area contributed by atoms with Crippen LogP contribution in [0.4, 0.5) is 0 Å². The zero-order valence-electron chi connectivity index (χ0n) is 17.1. The second-order valence-corrected chi connectivity index (χ2v) is 7.67. The van der Waals surface area contributed by atoms with Gasteiger partial charge in [-0.3, -0.25) is 9.59 Å². The Balaban J connectivity index is 2.10. The van der Waals surface area contributed by atoms with Crippen LogP contribution in [0.5, 0.6) is 5.75 Å². The number of likely N-dealkylation sites (tertiary alicyclic amines) is 1. The molecule has 30 heavy (non-hydrogen) atoms. The topological polar surface area (TPSA) is 76.1 Å². The van der Waals surface area contributed by atoms with Crippen LogP contribution in [-0.2, 0) is 14.3 Å². The van der Waals surface area contributed by atoms with Crippen molar-refractivity contribution in [2.75, 3.05) is 20.3 Å². The highest BCUT2D eigenvalue weighted by molar-refractivity contribution is 6.46. The Morgan fingerprint density at radius 3 is 2.47 bits per heavy atom. The Bertz CT molecular complexity index is 968. The lowest BCUT2D eigenvalue weighted by molar-refractivity contribution is -0.140. The maximum Gasteiger partial charge on any atom is 0.295 e. The molecule has 1 fully saturated rings. The quantitative estimate of drug-likeness (QED) is 0.405. The van der Waals surface area contributed by atoms with Crippen molar-refractivity contribution in [3.8, 4) is 5.75 Å². The second-order valence-electron chi connectivity index (χ2n) is 7.23. The van der Waals surface area contributed by atoms with Gasteiger partial charge >= 0.3 is 0 Å². The minimum absolute atomic E-state index is 0.0195. The third-order valence-electron chi connectivity index (χ3n) is 4.74. The Morgan fingerprint density at radius 1 is 1.17 bits per heavy atom. The Kier molecular flexibility index (Phi) is 6.80. The van der Waals surface area contributed by atoms with Crippen LogP contribution in [0, 0.1) is 0 Å². The number of aliphatic hydroxyl groups excluding tert-OH is 1. The molecule has 1 amide bonds. The number of Topliss-reactive ketones (excluding diaryl/α,β-unsaturated/α-hetero) is 1. The Labute approximate surface area is 180 Å². The van der Waals surface area contributed by atoms with Crippen molar-refractivity contribution in [1.82, 2.24) is 4.90 Å². The van der Waals surface area contributed by atoms with E-state index in [1.54, 1.807) is 48.5 Å². The zero-order chi connectivity index (χ0) is 21.8. The van der Waals surface area contributed by atoms with E-state index in [0.717, 1.165) is 0 Å². The number of benzene rings is 2. The van der Waals surface area contributed by atoms with E-state index >= 15 is 0 Å². The number of hydrogen-bond acceptors (Lipinski definition) is 5. The highest BCUT2D eigenvalue weighted by Crippen LogP contribution is 2.39. The molecule has 1 heterocycles. The summed E-state index contributed by atoms with van der Waals surface area (Å²) in [5, 5.41) is 11.4. The number of methoxy groups -OCH3 is 1. The fourth-order valence-electron chi connectivity index (χ4n) is 3.44. The van der Waals surface area contributed by atoms with Gasteiger partial charge in [-0.25, -0.2) is 0 Å². The molecule has 3 rings (SSSR count). The lowest BCUT2D eigenvalue weighted by atomic mass is 9.95. The van der Waals surface area contributed by atoms with E-state index < -0.39 is 17.7 Å². The maximum atomic E-state index is 12.9. The summed E-state index contributed by atoms with van der Waals surface area (Å²) in [6, 6.07) is 12.9. The number of nitrogens with zero attached hydrogens (tertiary/aromatic N) is 1. The lowest BCUT2D eigenvalue weighted by Crippen LogP contribution is -2.32. The summed E-state index contributed by atoms with van der Waals surface area (Å²) in [5.41, 5.74) is 1.08. The molecule has 0 radical (unpaired) electrons. The van der Waals surface area contributed by atoms with Gasteiger partial charge in [0, 0.05) is 24.2 Å². The molecule has 1 aliphatic heterocycles. The molecule has 0 spiro atoms. The van der Waals surface area contributed by atoms with Crippen LogP contribution in [0.2, 0.25) is 5.02 Å². The molecule has 1 atom stereocenters. The van der Waals surface area contributed by atoms with Crippen molar-refractivity contribution in [3.63, 3.8) is 0 Å². The van der Waals surface area contributed by atoms with Gasteiger partial charge in [0.05, 0.1) is 24.3 Å². The smallest absolute Gasteiger partial charge is 0.295 e. The SMILES string of the molecule is COCCN1C(=O)C(=O)/C(=C(\O)c2cccc(Cl)c2)C1c1ccc(OC(C)C)cc1. The summed E-state index contributed by atoms with van der Waals surface area (Å²) in [7, 11) is 1.52. The van der Waals surface area contributed by atoms with Crippen molar-refractivity contribution in [2.24, 2.45) is 0 Å². The maximum absolute atomic E-state index is 12.9. The second kappa shape index (κ2) is 9.32. The average molecular weight is 430 g/mol. The number of rotatable bonds is 7. The van der Waals surface area contributed by atoms with Crippen LogP contribution in [0.25, 0.3) is 5.76 Å². The molecule has 158 valence electrons. The van der Waals surface area contributed by atoms with Crippen LogP contribution in [0.3, 0.4) is 0 Å². The monoisotopic (exact) mass is 429 g/mol. The fraction of sp³-hybridized carbons (Fsp3) is 0.304. The molecule has 0 aromatic heterocycles. The minimum atomic E-state index is -0.743. The summed E-state index contributed by atoms with van der Waals surface area (Å²) in [5.74, 6) is -1.00. The average Bonchev–Trinajstić information content (AvgIpc) is 2.96. The Morgan fingerprint density at radius 2 is 1.87 bits per heavy atom. The minimum Gasteiger partial charge on any atom is -0.507 e. The van der Waals surface area contributed by atoms with Gasteiger partial charge in [0.2, 0.25) is 0 Å². The highest BCUT2D eigenvalue weighted by Gasteiger charge is 2.45. The molecule has 1 unspecified atom stereocenters. The molecule has 1 N–H and O–H groups in total. The van der Waals surface area contributed by atoms with E-state index in [2.05, 4.69) is 0 Å². The zero-order valence-corrected chi connectivity index (χ0v) is 17.8. The van der Waals surface area contributed by atoms with Gasteiger partial charge in [-0.2, -0.15) is 0 Å². The van der Waals surface area contributed by atoms with E-state index in [9.17, 15) is 14.7 Å². The molecule has 0 bridgehead atoms. The molecule has 2 aromatic rings. The van der Waals surface area contributed by atoms with Crippen molar-refractivity contribution < 1.29 is 24.2 Å². The third kappa shape index (κ3) is 4.50. The summed E-state index contributed by atoms with van der Waals surface area (Å²) in [6.45, 7) is 4.33. The number of halogens is 1. The summed E-state index contributed by atoms with van der Waals surface area (Å²) >= 11 is 6.04. The van der Waals surface area contributed by atoms with Gasteiger partial charge in [-0.1, -0.05) is 35.9 Å². The first-order chi connectivity index (χ1) is 14.3. The first-order valence-corrected chi connectivity index (χ1v) is 10.0. The van der Waals surface area contributed by atoms with E-state index in [-0.39, 0.29) is 30.6 Å². The van der Waals surface area contributed by atoms with Gasteiger partial charge in [0.15, 0.2) is 0 Å². The predicted molar refractivity (Wildman–Crippen MR) is 115 cm³/mol. The molecule has 0 aliphatic carbocycles. The first-order valence-electron chi connectivity index (χ1n) is 9.63. The van der Waals surface area contributed by atoms with Crippen molar-refractivity contribution in [3.05, 3.63) is 70.3 Å². The van der Waals surface area contributed by atoms with Gasteiger partial charge in [-0.05, 0) is 43.7 Å². The standard InChI is InChI=1S/C23H24ClNO5/c1-14(2)30-18-9-7-15(8-10-18)20-19(21(26)16-5-4-6-17(24)13-16)22(27)23(28)25(20)11-12-29-3/h4-10,13-14,20,26H,11-12H2,1-3H3/b21-19-. The van der Waals surface area contributed by atoms with E-state index in [1.165, 1.54) is 12.0 Å². The molecular formula is C23H24ClNO5. The molecular weight excluding hydrogens is 406 g/mol. The molecule has 1 aliphatic rings. The van der Waals surface area contributed by atoms with Crippen LogP contribution in [0.15, 0.2) is 54.1 Å². The van der Waals surface area contributed by atoms with Gasteiger partial charge in [0.1, 0.15) is 11.5 Å². The van der Waals surface area contributed by atoms with Gasteiger partial charge in [0.25, 0.3) is 11.7 Å². The fourth-order valence-corrected chi connectivity index (χ4v) is 3.63. The van der Waals surface area contributed by atoms with Crippen molar-refractivity contribution >= 4 is 29.1 Å². The largest absolute Gasteiger partial charge is 0.507 e. The van der Waals surface area contributed by atoms with Gasteiger partial charge in [-0.15, -0.1) is 0 Å². The number of ether oxygens (including phenoxy) is 2. The van der Waals surface area contributed by atoms with Crippen LogP contribution in [0.1, 0.15) is 31.0 Å². The predicted octanol–water partition coefficient (Wildman–Crippen LogP) is 4.20. The highest BCUT2D eigenvalue weighted by atomic mass is 35.5. The lowest BCUT2D eigenvalue weighted by Gasteiger charge is -2.25. The van der Waals surface area contributed by atoms with Crippen molar-refractivity contribution in [1.29, 1.82) is 0 Å². The molecule has 0 saturated carbocycles. The number of aliphatic hydroxyl groups is 1. The molecule has 6 nitrogen and oxygen atoms in total. The molecule has 2 aromatic carbocycles. The Hall–Kier alpha value is -2.83. The van der Waals surface area contributed by atoms with E-state index in [0.29, 0.717) is 21.9 Å². The number of ketones is 1. The summed E-state index contributed by atoms with van der Waals surface area (Å²) in [6.07, 6.45) is 0.0195. The van der Waals surface area contributed by atoms with E-state index in [4.69, 9.17) is 21.1 Å². The van der Waals surface area contributed by atoms with Crippen LogP contribution >= 0.6 is 11.6 Å². The number of carbonyl (C=O) groups is 2. The molecule has 7 heteroatoms.